The van der Waals surface area contributed by atoms with Crippen molar-refractivity contribution in [1.29, 1.82) is 0 Å². The molecule has 0 radical (unpaired) electrons. The molecule has 6 nitrogen and oxygen atoms in total. The molecule has 1 N–H and O–H groups in total. The van der Waals surface area contributed by atoms with E-state index in [0.29, 0.717) is 22.0 Å². The van der Waals surface area contributed by atoms with Gasteiger partial charge in [-0.2, -0.15) is 0 Å². The third kappa shape index (κ3) is 7.95. The van der Waals surface area contributed by atoms with Crippen LogP contribution in [0.4, 0.5) is 0 Å². The first-order valence-corrected chi connectivity index (χ1v) is 12.9. The maximum atomic E-state index is 11.3. The smallest absolute Gasteiger partial charge is 0.186 e. The molecular weight excluding hydrogens is 524 g/mol. The summed E-state index contributed by atoms with van der Waals surface area (Å²) in [5, 5.41) is 11.8. The van der Waals surface area contributed by atoms with Crippen molar-refractivity contribution in [3.05, 3.63) is 108 Å². The van der Waals surface area contributed by atoms with Gasteiger partial charge in [0.2, 0.25) is 0 Å². The minimum Gasteiger partial charge on any atom is -0.385 e. The average Bonchev–Trinajstić information content (AvgIpc) is 2.99. The number of hydrogen-bond donors (Lipinski definition) is 1. The number of aliphatic hydroxyl groups is 1. The predicted octanol–water partition coefficient (Wildman–Crippen LogP) is 4.87. The maximum Gasteiger partial charge on any atom is 0.186 e. The Morgan fingerprint density at radius 1 is 0.722 bits per heavy atom. The van der Waals surface area contributed by atoms with E-state index in [4.69, 9.17) is 27.8 Å². The maximum absolute atomic E-state index is 11.3. The monoisotopic (exact) mass is 559 g/mol. The topological polar surface area (TPSA) is 66.4 Å². The number of hydrogen-bond acceptors (Lipinski definition) is 6. The Labute approximate surface area is 225 Å². The summed E-state index contributed by atoms with van der Waals surface area (Å²) in [5.41, 5.74) is 1.88. The van der Waals surface area contributed by atoms with Crippen LogP contribution in [0, 0.1) is 0 Å². The Kier molecular flexibility index (Phi) is 9.34. The van der Waals surface area contributed by atoms with E-state index in [1.54, 1.807) is 48.5 Å². The van der Waals surface area contributed by atoms with E-state index in [0.717, 1.165) is 0 Å². The van der Waals surface area contributed by atoms with Crippen molar-refractivity contribution >= 4 is 15.9 Å². The molecule has 36 heavy (non-hydrogen) atoms. The highest BCUT2D eigenvalue weighted by molar-refractivity contribution is 9.09. The fraction of sp³-hybridized carbons (Fsp3) is 0.379. The Hall–Kier alpha value is -2.10. The molecule has 7 heteroatoms. The van der Waals surface area contributed by atoms with Gasteiger partial charge in [0.1, 0.15) is 24.4 Å². The van der Waals surface area contributed by atoms with E-state index in [9.17, 15) is 5.11 Å². The van der Waals surface area contributed by atoms with E-state index >= 15 is 0 Å². The molecule has 0 aromatic heterocycles. The summed E-state index contributed by atoms with van der Waals surface area (Å²) < 4.78 is 55.8. The summed E-state index contributed by atoms with van der Waals surface area (Å²) in [7, 11) is 0. The van der Waals surface area contributed by atoms with Gasteiger partial charge < -0.3 is 28.8 Å². The molecule has 3 aromatic carbocycles. The Bertz CT molecular complexity index is 1100. The van der Waals surface area contributed by atoms with Crippen LogP contribution in [0.15, 0.2) is 91.0 Å². The van der Waals surface area contributed by atoms with Crippen molar-refractivity contribution in [2.75, 3.05) is 18.5 Å². The Balaban J connectivity index is 1.60. The van der Waals surface area contributed by atoms with Crippen molar-refractivity contribution in [1.82, 2.24) is 0 Å². The quantitative estimate of drug-likeness (QED) is 0.301. The fourth-order valence-corrected chi connectivity index (χ4v) is 3.98. The van der Waals surface area contributed by atoms with Gasteiger partial charge in [-0.3, -0.25) is 0 Å². The van der Waals surface area contributed by atoms with Crippen LogP contribution in [-0.4, -0.2) is 54.4 Å². The normalized spacial score (nSPS) is 27.8. The molecule has 8 atom stereocenters. The summed E-state index contributed by atoms with van der Waals surface area (Å²) in [6, 6.07) is 27.1. The van der Waals surface area contributed by atoms with Crippen LogP contribution < -0.4 is 0 Å². The fourth-order valence-electron chi connectivity index (χ4n) is 3.79. The molecule has 3 aromatic rings. The highest BCUT2D eigenvalue weighted by Gasteiger charge is 2.47. The zero-order valence-corrected chi connectivity index (χ0v) is 21.4. The average molecular weight is 560 g/mol. The number of alkyl halides is 1. The third-order valence-corrected chi connectivity index (χ3v) is 5.90. The Morgan fingerprint density at radius 2 is 1.22 bits per heavy atom. The molecule has 0 spiro atoms. The molecule has 1 fully saturated rings. The lowest BCUT2D eigenvalue weighted by molar-refractivity contribution is -0.317. The van der Waals surface area contributed by atoms with E-state index in [1.165, 1.54) is 0 Å². The van der Waals surface area contributed by atoms with Crippen molar-refractivity contribution in [3.63, 3.8) is 0 Å². The number of rotatable bonds is 13. The van der Waals surface area contributed by atoms with Gasteiger partial charge in [0.25, 0.3) is 0 Å². The van der Waals surface area contributed by atoms with E-state index in [-0.39, 0.29) is 13.2 Å². The molecule has 1 aliphatic heterocycles. The Morgan fingerprint density at radius 3 is 1.75 bits per heavy atom. The minimum absolute atomic E-state index is 0.0933. The summed E-state index contributed by atoms with van der Waals surface area (Å²) in [5.74, 6) is 0. The van der Waals surface area contributed by atoms with Crippen molar-refractivity contribution in [2.24, 2.45) is 0 Å². The standard InChI is InChI=1S/C29H33BrO6/c30-16-17-33-29-26(31)28(35-20-24-14-8-3-9-15-24)27(34-19-23-12-6-2-7-13-23)25(36-29)21-32-18-22-10-4-1-5-11-22/h1-15,25-29,31H,16-21H2/t25-,26+,27-,28-,29?/m1/s1/i18D,19D,20D/t18?,19?,20?,25-,26+,27-,28-,29?. The summed E-state index contributed by atoms with van der Waals surface area (Å²) in [4.78, 5) is 0. The van der Waals surface area contributed by atoms with E-state index < -0.39 is 50.5 Å². The van der Waals surface area contributed by atoms with Gasteiger partial charge in [-0.1, -0.05) is 107 Å². The molecule has 4 unspecified atom stereocenters. The zero-order valence-electron chi connectivity index (χ0n) is 22.8. The molecular formula is C29H33BrO6. The lowest BCUT2D eigenvalue weighted by Crippen LogP contribution is -2.61. The van der Waals surface area contributed by atoms with Gasteiger partial charge in [-0.05, 0) is 16.7 Å². The lowest BCUT2D eigenvalue weighted by Gasteiger charge is -2.44. The van der Waals surface area contributed by atoms with Crippen molar-refractivity contribution in [2.45, 2.75) is 50.5 Å². The van der Waals surface area contributed by atoms with Gasteiger partial charge in [-0.15, -0.1) is 0 Å². The number of benzene rings is 3. The van der Waals surface area contributed by atoms with Crippen LogP contribution in [0.3, 0.4) is 0 Å². The zero-order chi connectivity index (χ0) is 27.6. The van der Waals surface area contributed by atoms with Crippen LogP contribution in [-0.2, 0) is 43.4 Å². The molecule has 192 valence electrons. The minimum atomic E-state index is -1.31. The van der Waals surface area contributed by atoms with Gasteiger partial charge in [0.05, 0.1) is 37.1 Å². The van der Waals surface area contributed by atoms with Crippen LogP contribution in [0.2, 0.25) is 0 Å². The second kappa shape index (κ2) is 14.6. The molecule has 0 aliphatic carbocycles. The largest absolute Gasteiger partial charge is 0.385 e. The van der Waals surface area contributed by atoms with Crippen LogP contribution in [0.5, 0.6) is 0 Å². The van der Waals surface area contributed by atoms with Crippen molar-refractivity contribution in [3.8, 4) is 0 Å². The number of aliphatic hydroxyl groups excluding tert-OH is 1. The van der Waals surface area contributed by atoms with Gasteiger partial charge in [-0.25, -0.2) is 0 Å². The second-order valence-corrected chi connectivity index (χ2v) is 9.01. The first kappa shape index (κ1) is 23.0. The van der Waals surface area contributed by atoms with Crippen LogP contribution >= 0.6 is 15.9 Å². The first-order chi connectivity index (χ1) is 19.0. The highest BCUT2D eigenvalue weighted by atomic mass is 79.9. The molecule has 1 aliphatic rings. The van der Waals surface area contributed by atoms with Crippen molar-refractivity contribution < 1.29 is 32.9 Å². The summed E-state index contributed by atoms with van der Waals surface area (Å²) in [6.07, 6.45) is -5.37. The molecule has 0 saturated carbocycles. The number of halogens is 1. The molecule has 1 saturated heterocycles. The van der Waals surface area contributed by atoms with E-state index in [2.05, 4.69) is 15.9 Å². The van der Waals surface area contributed by atoms with Crippen LogP contribution in [0.25, 0.3) is 0 Å². The summed E-state index contributed by atoms with van der Waals surface area (Å²) >= 11 is 3.32. The third-order valence-electron chi connectivity index (χ3n) is 5.58. The van der Waals surface area contributed by atoms with Crippen LogP contribution in [0.1, 0.15) is 20.8 Å². The summed E-state index contributed by atoms with van der Waals surface area (Å²) in [6.45, 7) is -3.08. The van der Waals surface area contributed by atoms with Gasteiger partial charge >= 0.3 is 0 Å². The number of ether oxygens (including phenoxy) is 5. The first-order valence-electron chi connectivity index (χ1n) is 13.6. The molecule has 1 heterocycles. The second-order valence-electron chi connectivity index (χ2n) is 8.21. The van der Waals surface area contributed by atoms with Gasteiger partial charge in [0.15, 0.2) is 6.29 Å². The molecule has 4 rings (SSSR count). The highest BCUT2D eigenvalue weighted by Crippen LogP contribution is 2.29. The molecule has 0 amide bonds. The molecule has 0 bridgehead atoms. The van der Waals surface area contributed by atoms with Gasteiger partial charge in [0, 0.05) is 5.33 Å². The lowest BCUT2D eigenvalue weighted by atomic mass is 9.98. The SMILES string of the molecule is [2H]C(OC[C@H]1OC(OCCBr)[C@@H](O)[C@@H](OC([2H])c2ccccc2)[C@@H]1OC([2H])c1ccccc1)c1ccccc1. The van der Waals surface area contributed by atoms with E-state index in [1.807, 2.05) is 42.5 Å². The predicted molar refractivity (Wildman–Crippen MR) is 141 cm³/mol.